The van der Waals surface area contributed by atoms with Crippen LogP contribution in [-0.2, 0) is 4.84 Å². The molecule has 1 heterocycles. The van der Waals surface area contributed by atoms with Gasteiger partial charge in [-0.15, -0.1) is 0 Å². The Labute approximate surface area is 88.0 Å². The third-order valence-corrected chi connectivity index (χ3v) is 1.73. The zero-order valence-corrected chi connectivity index (χ0v) is 8.92. The van der Waals surface area contributed by atoms with Gasteiger partial charge in [0.05, 0.1) is 12.8 Å². The average molecular weight is 210 g/mol. The zero-order chi connectivity index (χ0) is 11.3. The van der Waals surface area contributed by atoms with Crippen LogP contribution in [0.25, 0.3) is 0 Å². The number of aryl methyl sites for hydroxylation is 1. The molecular formula is C9H14N4O2. The van der Waals surface area contributed by atoms with E-state index in [0.717, 1.165) is 11.4 Å². The molecule has 0 aliphatic carbocycles. The SMILES string of the molecule is CNc1ccc(C)nc1NC(=O)NOC. The summed E-state index contributed by atoms with van der Waals surface area (Å²) in [6.07, 6.45) is 0. The van der Waals surface area contributed by atoms with Gasteiger partial charge >= 0.3 is 6.03 Å². The molecule has 1 aromatic heterocycles. The number of hydrogen-bond acceptors (Lipinski definition) is 4. The first-order valence-electron chi connectivity index (χ1n) is 4.42. The minimum absolute atomic E-state index is 0.465. The fourth-order valence-corrected chi connectivity index (χ4v) is 1.08. The van der Waals surface area contributed by atoms with Crippen molar-refractivity contribution in [3.05, 3.63) is 17.8 Å². The van der Waals surface area contributed by atoms with Gasteiger partial charge in [0.25, 0.3) is 0 Å². The summed E-state index contributed by atoms with van der Waals surface area (Å²) in [5, 5.41) is 5.48. The van der Waals surface area contributed by atoms with Crippen molar-refractivity contribution in [1.82, 2.24) is 10.5 Å². The van der Waals surface area contributed by atoms with Gasteiger partial charge in [-0.1, -0.05) is 0 Å². The molecule has 82 valence electrons. The molecule has 2 amide bonds. The second kappa shape index (κ2) is 5.16. The average Bonchev–Trinajstić information content (AvgIpc) is 2.18. The van der Waals surface area contributed by atoms with E-state index in [-0.39, 0.29) is 0 Å². The number of amides is 2. The molecule has 1 rings (SSSR count). The fourth-order valence-electron chi connectivity index (χ4n) is 1.08. The summed E-state index contributed by atoms with van der Waals surface area (Å²) in [6.45, 7) is 1.85. The summed E-state index contributed by atoms with van der Waals surface area (Å²) in [6, 6.07) is 3.22. The van der Waals surface area contributed by atoms with Crippen molar-refractivity contribution in [2.75, 3.05) is 24.8 Å². The minimum Gasteiger partial charge on any atom is -0.385 e. The number of carbonyl (C=O) groups excluding carboxylic acids is 1. The van der Waals surface area contributed by atoms with E-state index < -0.39 is 6.03 Å². The Morgan fingerprint density at radius 2 is 2.20 bits per heavy atom. The first-order valence-corrected chi connectivity index (χ1v) is 4.42. The fraction of sp³-hybridized carbons (Fsp3) is 0.333. The number of nitrogens with one attached hydrogen (secondary N) is 3. The summed E-state index contributed by atoms with van der Waals surface area (Å²) in [4.78, 5) is 19.8. The van der Waals surface area contributed by atoms with Gasteiger partial charge in [0, 0.05) is 12.7 Å². The summed E-state index contributed by atoms with van der Waals surface area (Å²) in [5.41, 5.74) is 3.71. The van der Waals surface area contributed by atoms with Crippen LogP contribution in [0.3, 0.4) is 0 Å². The summed E-state index contributed by atoms with van der Waals surface area (Å²) in [5.74, 6) is 0.465. The molecule has 3 N–H and O–H groups in total. The molecule has 0 unspecified atom stereocenters. The highest BCUT2D eigenvalue weighted by Gasteiger charge is 2.06. The maximum atomic E-state index is 11.2. The molecule has 0 fully saturated rings. The van der Waals surface area contributed by atoms with Gasteiger partial charge in [-0.3, -0.25) is 10.2 Å². The lowest BCUT2D eigenvalue weighted by molar-refractivity contribution is 0.114. The molecule has 1 aromatic rings. The highest BCUT2D eigenvalue weighted by Crippen LogP contribution is 2.18. The lowest BCUT2D eigenvalue weighted by atomic mass is 10.3. The number of carbonyl (C=O) groups is 1. The van der Waals surface area contributed by atoms with Crippen LogP contribution in [0, 0.1) is 6.92 Å². The monoisotopic (exact) mass is 210 g/mol. The largest absolute Gasteiger partial charge is 0.385 e. The van der Waals surface area contributed by atoms with Crippen LogP contribution in [0.2, 0.25) is 0 Å². The molecule has 6 heteroatoms. The number of urea groups is 1. The molecule has 0 saturated carbocycles. The molecule has 15 heavy (non-hydrogen) atoms. The van der Waals surface area contributed by atoms with Crippen LogP contribution >= 0.6 is 0 Å². The topological polar surface area (TPSA) is 75.3 Å². The number of rotatable bonds is 3. The normalized spacial score (nSPS) is 9.53. The Bertz CT molecular complexity index is 354. The lowest BCUT2D eigenvalue weighted by Crippen LogP contribution is -2.28. The predicted octanol–water partition coefficient (Wildman–Crippen LogP) is 1.11. The Morgan fingerprint density at radius 3 is 2.80 bits per heavy atom. The highest BCUT2D eigenvalue weighted by atomic mass is 16.6. The van der Waals surface area contributed by atoms with Gasteiger partial charge in [0.1, 0.15) is 0 Å². The predicted molar refractivity (Wildman–Crippen MR) is 57.7 cm³/mol. The van der Waals surface area contributed by atoms with E-state index in [2.05, 4.69) is 25.9 Å². The van der Waals surface area contributed by atoms with Crippen LogP contribution in [0.1, 0.15) is 5.69 Å². The number of pyridine rings is 1. The minimum atomic E-state index is -0.466. The van der Waals surface area contributed by atoms with Gasteiger partial charge in [0.2, 0.25) is 0 Å². The van der Waals surface area contributed by atoms with Gasteiger partial charge in [-0.05, 0) is 19.1 Å². The molecule has 0 aliphatic heterocycles. The quantitative estimate of drug-likeness (QED) is 0.653. The third-order valence-electron chi connectivity index (χ3n) is 1.73. The highest BCUT2D eigenvalue weighted by molar-refractivity contribution is 5.90. The van der Waals surface area contributed by atoms with Crippen LogP contribution in [0.4, 0.5) is 16.3 Å². The molecule has 0 aromatic carbocycles. The van der Waals surface area contributed by atoms with Crippen LogP contribution in [0.5, 0.6) is 0 Å². The van der Waals surface area contributed by atoms with E-state index in [9.17, 15) is 4.79 Å². The van der Waals surface area contributed by atoms with Crippen molar-refractivity contribution < 1.29 is 9.63 Å². The summed E-state index contributed by atoms with van der Waals surface area (Å²) in [7, 11) is 3.12. The molecule has 0 aliphatic rings. The molecule has 0 spiro atoms. The van der Waals surface area contributed by atoms with Gasteiger partial charge in [-0.25, -0.2) is 15.3 Å². The van der Waals surface area contributed by atoms with Crippen LogP contribution in [0.15, 0.2) is 12.1 Å². The Kier molecular flexibility index (Phi) is 3.87. The second-order valence-electron chi connectivity index (χ2n) is 2.86. The van der Waals surface area contributed by atoms with Crippen molar-refractivity contribution >= 4 is 17.5 Å². The standard InChI is InChI=1S/C9H14N4O2/c1-6-4-5-7(10-2)8(11-6)12-9(14)13-15-3/h4-5,10H,1-3H3,(H2,11,12,13,14). The van der Waals surface area contributed by atoms with Gasteiger partial charge in [-0.2, -0.15) is 0 Å². The first-order chi connectivity index (χ1) is 7.17. The molecule has 0 saturated heterocycles. The Balaban J connectivity index is 2.82. The molecule has 6 nitrogen and oxygen atoms in total. The number of hydrogen-bond donors (Lipinski definition) is 3. The van der Waals surface area contributed by atoms with Gasteiger partial charge < -0.3 is 5.32 Å². The maximum absolute atomic E-state index is 11.2. The van der Waals surface area contributed by atoms with E-state index in [1.54, 1.807) is 7.05 Å². The summed E-state index contributed by atoms with van der Waals surface area (Å²) < 4.78 is 0. The summed E-state index contributed by atoms with van der Waals surface area (Å²) >= 11 is 0. The Morgan fingerprint density at radius 1 is 1.47 bits per heavy atom. The van der Waals surface area contributed by atoms with Crippen molar-refractivity contribution in [1.29, 1.82) is 0 Å². The smallest absolute Gasteiger partial charge is 0.344 e. The number of hydroxylamine groups is 1. The van der Waals surface area contributed by atoms with Crippen LogP contribution in [-0.4, -0.2) is 25.2 Å². The van der Waals surface area contributed by atoms with E-state index in [0.29, 0.717) is 5.82 Å². The number of aromatic nitrogens is 1. The first kappa shape index (κ1) is 11.3. The maximum Gasteiger partial charge on any atom is 0.344 e. The number of nitrogens with zero attached hydrogens (tertiary/aromatic N) is 1. The number of anilines is 2. The second-order valence-corrected chi connectivity index (χ2v) is 2.86. The van der Waals surface area contributed by atoms with Crippen molar-refractivity contribution in [3.63, 3.8) is 0 Å². The van der Waals surface area contributed by atoms with E-state index >= 15 is 0 Å². The lowest BCUT2D eigenvalue weighted by Gasteiger charge is -2.10. The van der Waals surface area contributed by atoms with Crippen molar-refractivity contribution in [2.24, 2.45) is 0 Å². The Hall–Kier alpha value is -1.82. The molecule has 0 radical (unpaired) electrons. The van der Waals surface area contributed by atoms with E-state index in [4.69, 9.17) is 0 Å². The van der Waals surface area contributed by atoms with Gasteiger partial charge in [0.15, 0.2) is 5.82 Å². The van der Waals surface area contributed by atoms with Crippen molar-refractivity contribution in [3.8, 4) is 0 Å². The van der Waals surface area contributed by atoms with Crippen LogP contribution < -0.4 is 16.1 Å². The third kappa shape index (κ3) is 3.10. The van der Waals surface area contributed by atoms with Crippen molar-refractivity contribution in [2.45, 2.75) is 6.92 Å². The van der Waals surface area contributed by atoms with E-state index in [1.165, 1.54) is 7.11 Å². The molecular weight excluding hydrogens is 196 g/mol. The molecule has 0 bridgehead atoms. The van der Waals surface area contributed by atoms with E-state index in [1.807, 2.05) is 19.1 Å². The zero-order valence-electron chi connectivity index (χ0n) is 8.92. The molecule has 0 atom stereocenters.